The largest absolute Gasteiger partial charge is 0.394 e. The molecule has 0 bridgehead atoms. The Kier molecular flexibility index (Phi) is 6.77. The number of hydrogen-bond acceptors (Lipinski definition) is 7. The molecule has 1 aliphatic carbocycles. The maximum atomic E-state index is 13.8. The second-order valence-electron chi connectivity index (χ2n) is 7.49. The van der Waals surface area contributed by atoms with Crippen molar-refractivity contribution in [2.45, 2.75) is 43.9 Å². The van der Waals surface area contributed by atoms with Crippen molar-refractivity contribution in [3.8, 4) is 23.2 Å². The molecule has 2 aromatic heterocycles. The molecule has 1 fully saturated rings. The maximum Gasteiger partial charge on any atom is 0.209 e. The van der Waals surface area contributed by atoms with E-state index in [0.29, 0.717) is 29.9 Å². The number of aromatic nitrogens is 4. The minimum absolute atomic E-state index is 0. The third-order valence-electron chi connectivity index (χ3n) is 5.15. The Hall–Kier alpha value is -2.77. The first-order valence-electron chi connectivity index (χ1n) is 9.73. The van der Waals surface area contributed by atoms with E-state index >= 15 is 0 Å². The molecule has 1 atom stereocenters. The average Bonchev–Trinajstić information content (AvgIpc) is 3.31. The van der Waals surface area contributed by atoms with Crippen LogP contribution < -0.4 is 5.73 Å². The summed E-state index contributed by atoms with van der Waals surface area (Å²) in [6.07, 6.45) is 1.94. The maximum absolute atomic E-state index is 13.8. The Balaban J connectivity index is 0.00000272. The fourth-order valence-corrected chi connectivity index (χ4v) is 3.62. The SMILES string of the molecule is Cl.Nc1nc(C#CC2(O)CCCC2)nc2c1nc(-c1cccc(F)c1)n2CC(O)CO. The number of halogens is 2. The molecule has 0 radical (unpaired) electrons. The number of fused-ring (bicyclic) bond motifs is 1. The van der Waals surface area contributed by atoms with Crippen molar-refractivity contribution in [2.24, 2.45) is 0 Å². The highest BCUT2D eigenvalue weighted by atomic mass is 35.5. The fraction of sp³-hybridized carbons (Fsp3) is 0.381. The number of imidazole rings is 1. The van der Waals surface area contributed by atoms with Gasteiger partial charge in [-0.3, -0.25) is 0 Å². The van der Waals surface area contributed by atoms with E-state index in [0.717, 1.165) is 12.8 Å². The summed E-state index contributed by atoms with van der Waals surface area (Å²) in [5, 5.41) is 29.8. The lowest BCUT2D eigenvalue weighted by Crippen LogP contribution is -2.21. The van der Waals surface area contributed by atoms with Crippen LogP contribution in [0, 0.1) is 17.7 Å². The van der Waals surface area contributed by atoms with E-state index in [9.17, 15) is 19.7 Å². The Bertz CT molecular complexity index is 1150. The van der Waals surface area contributed by atoms with Crippen LogP contribution in [0.2, 0.25) is 0 Å². The second kappa shape index (κ2) is 9.16. The predicted molar refractivity (Wildman–Crippen MR) is 116 cm³/mol. The Morgan fingerprint density at radius 1 is 1.23 bits per heavy atom. The van der Waals surface area contributed by atoms with Gasteiger partial charge in [0, 0.05) is 5.56 Å². The van der Waals surface area contributed by atoms with Gasteiger partial charge < -0.3 is 25.6 Å². The van der Waals surface area contributed by atoms with Crippen molar-refractivity contribution in [3.63, 3.8) is 0 Å². The predicted octanol–water partition coefficient (Wildman–Crippen LogP) is 1.65. The molecule has 164 valence electrons. The van der Waals surface area contributed by atoms with Crippen molar-refractivity contribution >= 4 is 29.4 Å². The quantitative estimate of drug-likeness (QED) is 0.447. The molecule has 0 amide bonds. The molecule has 0 saturated heterocycles. The highest BCUT2D eigenvalue weighted by molar-refractivity contribution is 5.86. The van der Waals surface area contributed by atoms with Crippen LogP contribution >= 0.6 is 12.4 Å². The van der Waals surface area contributed by atoms with Gasteiger partial charge in [-0.2, -0.15) is 0 Å². The van der Waals surface area contributed by atoms with Gasteiger partial charge in [-0.15, -0.1) is 12.4 Å². The van der Waals surface area contributed by atoms with Crippen LogP contribution in [0.1, 0.15) is 31.5 Å². The van der Waals surface area contributed by atoms with Crippen LogP contribution in [0.3, 0.4) is 0 Å². The molecule has 3 aromatic rings. The monoisotopic (exact) mass is 447 g/mol. The third kappa shape index (κ3) is 4.78. The van der Waals surface area contributed by atoms with Gasteiger partial charge in [0.25, 0.3) is 0 Å². The van der Waals surface area contributed by atoms with Crippen LogP contribution in [0.5, 0.6) is 0 Å². The standard InChI is InChI=1S/C21H22FN5O3.ClH/c22-14-5-3-4-13(10-14)19-26-17-18(23)24-16(6-9-21(30)7-1-2-8-21)25-20(17)27(19)11-15(29)12-28;/h3-5,10,15,28-30H,1-2,7-8,11-12H2,(H2,23,24,25);1H. The molecule has 8 nitrogen and oxygen atoms in total. The number of rotatable bonds is 4. The molecule has 1 unspecified atom stereocenters. The van der Waals surface area contributed by atoms with E-state index < -0.39 is 24.1 Å². The molecule has 0 aliphatic heterocycles. The van der Waals surface area contributed by atoms with Crippen molar-refractivity contribution in [2.75, 3.05) is 12.3 Å². The van der Waals surface area contributed by atoms with Crippen LogP contribution in [0.15, 0.2) is 24.3 Å². The molecule has 2 heterocycles. The molecule has 1 saturated carbocycles. The summed E-state index contributed by atoms with van der Waals surface area (Å²) in [5.41, 5.74) is 6.08. The lowest BCUT2D eigenvalue weighted by molar-refractivity contribution is 0.0823. The zero-order chi connectivity index (χ0) is 21.3. The molecule has 0 spiro atoms. The normalized spacial score (nSPS) is 15.9. The number of nitrogens with zero attached hydrogens (tertiary/aromatic N) is 4. The fourth-order valence-electron chi connectivity index (χ4n) is 3.62. The van der Waals surface area contributed by atoms with Crippen LogP contribution in [0.4, 0.5) is 10.2 Å². The third-order valence-corrected chi connectivity index (χ3v) is 5.15. The first-order valence-corrected chi connectivity index (χ1v) is 9.73. The van der Waals surface area contributed by atoms with Gasteiger partial charge in [0.1, 0.15) is 17.2 Å². The van der Waals surface area contributed by atoms with Crippen molar-refractivity contribution in [1.29, 1.82) is 0 Å². The van der Waals surface area contributed by atoms with Crippen LogP contribution in [0.25, 0.3) is 22.6 Å². The second-order valence-corrected chi connectivity index (χ2v) is 7.49. The Morgan fingerprint density at radius 2 is 1.97 bits per heavy atom. The van der Waals surface area contributed by atoms with E-state index in [1.54, 1.807) is 16.7 Å². The van der Waals surface area contributed by atoms with Gasteiger partial charge in [-0.05, 0) is 43.7 Å². The van der Waals surface area contributed by atoms with E-state index in [-0.39, 0.29) is 36.1 Å². The number of anilines is 1. The number of nitrogen functional groups attached to an aromatic ring is 1. The minimum atomic E-state index is -1.08. The topological polar surface area (TPSA) is 130 Å². The smallest absolute Gasteiger partial charge is 0.209 e. The zero-order valence-electron chi connectivity index (χ0n) is 16.6. The van der Waals surface area contributed by atoms with E-state index in [1.165, 1.54) is 12.1 Å². The molecular formula is C21H23ClFN5O3. The first-order chi connectivity index (χ1) is 14.4. The Morgan fingerprint density at radius 3 is 2.65 bits per heavy atom. The summed E-state index contributed by atoms with van der Waals surface area (Å²) in [5.74, 6) is 5.73. The molecule has 10 heteroatoms. The number of benzene rings is 1. The number of aliphatic hydroxyl groups excluding tert-OH is 2. The summed E-state index contributed by atoms with van der Waals surface area (Å²) in [4.78, 5) is 13.1. The van der Waals surface area contributed by atoms with Gasteiger partial charge >= 0.3 is 0 Å². The summed E-state index contributed by atoms with van der Waals surface area (Å²) in [6.45, 7) is -0.505. The molecule has 1 aliphatic rings. The van der Waals surface area contributed by atoms with E-state index in [4.69, 9.17) is 5.73 Å². The summed E-state index contributed by atoms with van der Waals surface area (Å²) >= 11 is 0. The van der Waals surface area contributed by atoms with Gasteiger partial charge in [0.05, 0.1) is 19.3 Å². The van der Waals surface area contributed by atoms with Gasteiger partial charge in [0.15, 0.2) is 17.0 Å². The van der Waals surface area contributed by atoms with Gasteiger partial charge in [-0.25, -0.2) is 19.3 Å². The summed E-state index contributed by atoms with van der Waals surface area (Å²) in [6, 6.07) is 5.84. The van der Waals surface area contributed by atoms with Crippen molar-refractivity contribution < 1.29 is 19.7 Å². The van der Waals surface area contributed by atoms with Crippen molar-refractivity contribution in [1.82, 2.24) is 19.5 Å². The number of aliphatic hydroxyl groups is 3. The number of nitrogens with two attached hydrogens (primary N) is 1. The molecule has 5 N–H and O–H groups in total. The van der Waals surface area contributed by atoms with Gasteiger partial charge in [0.2, 0.25) is 5.82 Å². The minimum Gasteiger partial charge on any atom is -0.394 e. The lowest BCUT2D eigenvalue weighted by Gasteiger charge is -2.13. The Labute approximate surface area is 184 Å². The van der Waals surface area contributed by atoms with Crippen LogP contribution in [-0.2, 0) is 6.54 Å². The molecule has 31 heavy (non-hydrogen) atoms. The van der Waals surface area contributed by atoms with E-state index in [1.807, 2.05) is 0 Å². The first kappa shape index (κ1) is 22.9. The molecule has 1 aromatic carbocycles. The summed E-state index contributed by atoms with van der Waals surface area (Å²) < 4.78 is 15.3. The molecule has 4 rings (SSSR count). The van der Waals surface area contributed by atoms with Gasteiger partial charge in [-0.1, -0.05) is 18.1 Å². The van der Waals surface area contributed by atoms with Crippen molar-refractivity contribution in [3.05, 3.63) is 35.9 Å². The highest BCUT2D eigenvalue weighted by Crippen LogP contribution is 2.29. The average molecular weight is 448 g/mol. The molecular weight excluding hydrogens is 425 g/mol. The summed E-state index contributed by atoms with van der Waals surface area (Å²) in [7, 11) is 0. The van der Waals surface area contributed by atoms with E-state index in [2.05, 4.69) is 26.8 Å². The lowest BCUT2D eigenvalue weighted by atomic mass is 10.0. The zero-order valence-corrected chi connectivity index (χ0v) is 17.4. The highest BCUT2D eigenvalue weighted by Gasteiger charge is 2.28. The van der Waals surface area contributed by atoms with Crippen LogP contribution in [-0.4, -0.2) is 53.2 Å². The number of hydrogen-bond donors (Lipinski definition) is 4.